The first kappa shape index (κ1) is 19.5. The molecule has 0 bridgehead atoms. The number of rotatable bonds is 4. The minimum Gasteiger partial charge on any atom is -0.351 e. The highest BCUT2D eigenvalue weighted by Crippen LogP contribution is 2.42. The summed E-state index contributed by atoms with van der Waals surface area (Å²) in [6.45, 7) is 4.24. The first-order valence-corrected chi connectivity index (χ1v) is 10.7. The van der Waals surface area contributed by atoms with Crippen LogP contribution in [0.1, 0.15) is 34.6 Å². The van der Waals surface area contributed by atoms with E-state index >= 15 is 0 Å². The van der Waals surface area contributed by atoms with Gasteiger partial charge in [0, 0.05) is 41.9 Å². The summed E-state index contributed by atoms with van der Waals surface area (Å²) in [5.41, 5.74) is 6.66. The second-order valence-corrected chi connectivity index (χ2v) is 8.24. The Balaban J connectivity index is 1.69. The maximum absolute atomic E-state index is 5.86. The Hall–Kier alpha value is -3.51. The first-order chi connectivity index (χ1) is 15.1. The summed E-state index contributed by atoms with van der Waals surface area (Å²) in [5, 5.41) is 4.25. The molecule has 0 saturated carbocycles. The highest BCUT2D eigenvalue weighted by Gasteiger charge is 2.42. The van der Waals surface area contributed by atoms with Gasteiger partial charge in [0.05, 0.1) is 11.7 Å². The molecule has 1 fully saturated rings. The third-order valence-corrected chi connectivity index (χ3v) is 5.92. The van der Waals surface area contributed by atoms with E-state index in [1.54, 1.807) is 0 Å². The lowest BCUT2D eigenvalue weighted by molar-refractivity contribution is 0.549. The molecule has 1 N–H and O–H groups in total. The highest BCUT2D eigenvalue weighted by molar-refractivity contribution is 7.80. The van der Waals surface area contributed by atoms with E-state index < -0.39 is 0 Å². The molecule has 1 aliphatic heterocycles. The van der Waals surface area contributed by atoms with Crippen molar-refractivity contribution in [2.75, 3.05) is 4.90 Å². The SMILES string of the molecule is Cc1cc(C)cc(N2C(=S)N[C@H](c3ccccn3)[C@H]2c2cccn2-c2ccncc2)c1. The molecule has 1 aromatic carbocycles. The van der Waals surface area contributed by atoms with Crippen molar-refractivity contribution in [3.63, 3.8) is 0 Å². The van der Waals surface area contributed by atoms with Gasteiger partial charge in [-0.25, -0.2) is 0 Å². The van der Waals surface area contributed by atoms with Crippen molar-refractivity contribution in [3.8, 4) is 5.69 Å². The van der Waals surface area contributed by atoms with Gasteiger partial charge >= 0.3 is 0 Å². The summed E-state index contributed by atoms with van der Waals surface area (Å²) in [6.07, 6.45) is 7.54. The number of anilines is 1. The number of nitrogens with one attached hydrogen (secondary N) is 1. The number of aromatic nitrogens is 3. The predicted octanol–water partition coefficient (Wildman–Crippen LogP) is 5.06. The normalized spacial score (nSPS) is 18.3. The molecule has 0 aliphatic carbocycles. The number of aryl methyl sites for hydroxylation is 2. The molecular weight excluding hydrogens is 402 g/mol. The van der Waals surface area contributed by atoms with Crippen LogP contribution in [0.4, 0.5) is 5.69 Å². The van der Waals surface area contributed by atoms with Crippen LogP contribution in [0.2, 0.25) is 0 Å². The van der Waals surface area contributed by atoms with Gasteiger partial charge in [0.1, 0.15) is 6.04 Å². The van der Waals surface area contributed by atoms with Crippen LogP contribution in [0.15, 0.2) is 85.5 Å². The monoisotopic (exact) mass is 425 g/mol. The fourth-order valence-corrected chi connectivity index (χ4v) is 4.74. The van der Waals surface area contributed by atoms with E-state index in [1.807, 2.05) is 42.9 Å². The zero-order valence-electron chi connectivity index (χ0n) is 17.4. The second-order valence-electron chi connectivity index (χ2n) is 7.85. The predicted molar refractivity (Wildman–Crippen MR) is 127 cm³/mol. The van der Waals surface area contributed by atoms with Crippen LogP contribution in [-0.4, -0.2) is 19.6 Å². The molecule has 1 aliphatic rings. The number of nitrogens with zero attached hydrogens (tertiary/aromatic N) is 4. The van der Waals surface area contributed by atoms with E-state index in [4.69, 9.17) is 12.2 Å². The van der Waals surface area contributed by atoms with Gasteiger partial charge in [0.15, 0.2) is 5.11 Å². The maximum Gasteiger partial charge on any atom is 0.174 e. The number of hydrogen-bond acceptors (Lipinski definition) is 3. The number of hydrogen-bond donors (Lipinski definition) is 1. The Labute approximate surface area is 187 Å². The molecule has 154 valence electrons. The Morgan fingerprint density at radius 3 is 2.35 bits per heavy atom. The summed E-state index contributed by atoms with van der Waals surface area (Å²) in [5.74, 6) is 0. The maximum atomic E-state index is 5.86. The number of thiocarbonyl (C=S) groups is 1. The highest BCUT2D eigenvalue weighted by atomic mass is 32.1. The van der Waals surface area contributed by atoms with E-state index in [1.165, 1.54) is 11.1 Å². The molecule has 3 aromatic heterocycles. The van der Waals surface area contributed by atoms with Gasteiger partial charge in [-0.05, 0) is 85.7 Å². The third kappa shape index (κ3) is 3.59. The molecule has 4 aromatic rings. The standard InChI is InChI=1S/C25H23N5S/c1-17-14-18(2)16-20(15-17)30-24(23(28-25(30)31)21-6-3-4-10-27-21)22-7-5-13-29(22)19-8-11-26-12-9-19/h3-16,23-24H,1-2H3,(H,28,31)/t23-,24-/m1/s1. The van der Waals surface area contributed by atoms with E-state index in [-0.39, 0.29) is 12.1 Å². The molecule has 4 heterocycles. The van der Waals surface area contributed by atoms with Gasteiger partial charge in [-0.1, -0.05) is 12.1 Å². The van der Waals surface area contributed by atoms with E-state index in [2.05, 4.69) is 81.2 Å². The lowest BCUT2D eigenvalue weighted by atomic mass is 10.00. The smallest absolute Gasteiger partial charge is 0.174 e. The van der Waals surface area contributed by atoms with Crippen molar-refractivity contribution in [3.05, 3.63) is 108 Å². The average molecular weight is 426 g/mol. The third-order valence-electron chi connectivity index (χ3n) is 5.61. The minimum absolute atomic E-state index is 0.0632. The Morgan fingerprint density at radius 2 is 1.65 bits per heavy atom. The van der Waals surface area contributed by atoms with Gasteiger partial charge in [-0.2, -0.15) is 0 Å². The second kappa shape index (κ2) is 7.96. The van der Waals surface area contributed by atoms with Crippen LogP contribution < -0.4 is 10.2 Å². The number of pyridine rings is 2. The van der Waals surface area contributed by atoms with Crippen molar-refractivity contribution < 1.29 is 0 Å². The Kier molecular flexibility index (Phi) is 5.00. The molecule has 0 amide bonds. The summed E-state index contributed by atoms with van der Waals surface area (Å²) in [4.78, 5) is 11.0. The molecule has 6 heteroatoms. The van der Waals surface area contributed by atoms with Crippen molar-refractivity contribution in [2.45, 2.75) is 25.9 Å². The van der Waals surface area contributed by atoms with Crippen LogP contribution >= 0.6 is 12.2 Å². The molecular formula is C25H23N5S. The van der Waals surface area contributed by atoms with Crippen LogP contribution in [0.3, 0.4) is 0 Å². The van der Waals surface area contributed by atoms with Gasteiger partial charge in [0.2, 0.25) is 0 Å². The fraction of sp³-hybridized carbons (Fsp3) is 0.160. The summed E-state index contributed by atoms with van der Waals surface area (Å²) < 4.78 is 2.20. The van der Waals surface area contributed by atoms with Crippen LogP contribution in [0.5, 0.6) is 0 Å². The summed E-state index contributed by atoms with van der Waals surface area (Å²) in [7, 11) is 0. The molecule has 0 radical (unpaired) electrons. The zero-order valence-corrected chi connectivity index (χ0v) is 18.3. The largest absolute Gasteiger partial charge is 0.351 e. The molecule has 1 saturated heterocycles. The average Bonchev–Trinajstić information content (AvgIpc) is 3.38. The summed E-state index contributed by atoms with van der Waals surface area (Å²) in [6, 6.07) is 20.7. The topological polar surface area (TPSA) is 46.0 Å². The van der Waals surface area contributed by atoms with E-state index in [0.717, 1.165) is 22.8 Å². The molecule has 0 unspecified atom stereocenters. The molecule has 31 heavy (non-hydrogen) atoms. The van der Waals surface area contributed by atoms with Crippen LogP contribution in [-0.2, 0) is 0 Å². The van der Waals surface area contributed by atoms with Crippen molar-refractivity contribution in [1.29, 1.82) is 0 Å². The van der Waals surface area contributed by atoms with Gasteiger partial charge in [-0.3, -0.25) is 9.97 Å². The van der Waals surface area contributed by atoms with Gasteiger partial charge in [-0.15, -0.1) is 0 Å². The number of benzene rings is 1. The summed E-state index contributed by atoms with van der Waals surface area (Å²) >= 11 is 5.86. The van der Waals surface area contributed by atoms with Crippen molar-refractivity contribution in [1.82, 2.24) is 19.9 Å². The van der Waals surface area contributed by atoms with Gasteiger partial charge < -0.3 is 14.8 Å². The lowest BCUT2D eigenvalue weighted by Gasteiger charge is -2.29. The Bertz CT molecular complexity index is 1200. The van der Waals surface area contributed by atoms with Crippen molar-refractivity contribution in [2.24, 2.45) is 0 Å². The molecule has 0 spiro atoms. The van der Waals surface area contributed by atoms with Crippen LogP contribution in [0, 0.1) is 13.8 Å². The van der Waals surface area contributed by atoms with E-state index in [9.17, 15) is 0 Å². The van der Waals surface area contributed by atoms with Gasteiger partial charge in [0.25, 0.3) is 0 Å². The quantitative estimate of drug-likeness (QED) is 0.463. The molecule has 5 nitrogen and oxygen atoms in total. The minimum atomic E-state index is -0.0787. The molecule has 5 rings (SSSR count). The fourth-order valence-electron chi connectivity index (χ4n) is 4.40. The van der Waals surface area contributed by atoms with Crippen LogP contribution in [0.25, 0.3) is 5.69 Å². The van der Waals surface area contributed by atoms with Crippen molar-refractivity contribution >= 4 is 23.0 Å². The molecule has 2 atom stereocenters. The lowest BCUT2D eigenvalue weighted by Crippen LogP contribution is -2.30. The first-order valence-electron chi connectivity index (χ1n) is 10.3. The zero-order chi connectivity index (χ0) is 21.4. The Morgan fingerprint density at radius 1 is 0.871 bits per heavy atom. The van der Waals surface area contributed by atoms with E-state index in [0.29, 0.717) is 5.11 Å².